The average Bonchev–Trinajstić information content (AvgIpc) is 2.59. The van der Waals surface area contributed by atoms with Crippen LogP contribution in [0.4, 0.5) is 0 Å². The summed E-state index contributed by atoms with van der Waals surface area (Å²) in [6.45, 7) is 4.50. The first kappa shape index (κ1) is 10.4. The number of H-pyrrole nitrogens is 1. The Kier molecular flexibility index (Phi) is 4.66. The minimum atomic E-state index is 1.25. The Labute approximate surface area is 81.6 Å². The minimum absolute atomic E-state index is 1.25. The molecule has 0 fully saturated rings. The van der Waals surface area contributed by atoms with Crippen LogP contribution in [0.1, 0.15) is 50.7 Å². The number of hydrogen-bond donors (Lipinski definition) is 1. The zero-order valence-electron chi connectivity index (χ0n) is 8.90. The van der Waals surface area contributed by atoms with Crippen molar-refractivity contribution in [1.82, 2.24) is 4.98 Å². The lowest BCUT2D eigenvalue weighted by Gasteiger charge is -2.01. The highest BCUT2D eigenvalue weighted by Gasteiger charge is 2.01. The molecule has 0 aromatic carbocycles. The van der Waals surface area contributed by atoms with E-state index in [-0.39, 0.29) is 0 Å². The second kappa shape index (κ2) is 5.85. The van der Waals surface area contributed by atoms with Crippen molar-refractivity contribution in [2.45, 2.75) is 52.4 Å². The molecule has 1 heterocycles. The SMILES string of the molecule is CCCCc1c[nH]cc1CCCC. The van der Waals surface area contributed by atoms with E-state index in [1.165, 1.54) is 49.7 Å². The summed E-state index contributed by atoms with van der Waals surface area (Å²) in [5, 5.41) is 0. The Bertz CT molecular complexity index is 202. The third kappa shape index (κ3) is 3.25. The summed E-state index contributed by atoms with van der Waals surface area (Å²) >= 11 is 0. The normalized spacial score (nSPS) is 10.6. The molecule has 74 valence electrons. The Morgan fingerprint density at radius 2 is 1.38 bits per heavy atom. The molecule has 0 saturated heterocycles. The van der Waals surface area contributed by atoms with Gasteiger partial charge in [0.25, 0.3) is 0 Å². The molecule has 1 rings (SSSR count). The maximum atomic E-state index is 3.22. The quantitative estimate of drug-likeness (QED) is 0.685. The van der Waals surface area contributed by atoms with Crippen LogP contribution in [0.3, 0.4) is 0 Å². The monoisotopic (exact) mass is 179 g/mol. The van der Waals surface area contributed by atoms with Crippen LogP contribution < -0.4 is 0 Å². The lowest BCUT2D eigenvalue weighted by Crippen LogP contribution is -1.89. The van der Waals surface area contributed by atoms with E-state index in [2.05, 4.69) is 31.2 Å². The van der Waals surface area contributed by atoms with Gasteiger partial charge in [0.15, 0.2) is 0 Å². The van der Waals surface area contributed by atoms with Gasteiger partial charge in [0.2, 0.25) is 0 Å². The molecule has 13 heavy (non-hydrogen) atoms. The van der Waals surface area contributed by atoms with E-state index in [0.29, 0.717) is 0 Å². The van der Waals surface area contributed by atoms with Gasteiger partial charge in [-0.3, -0.25) is 0 Å². The Hall–Kier alpha value is -0.720. The zero-order chi connectivity index (χ0) is 9.52. The molecular formula is C12H21N. The maximum Gasteiger partial charge on any atom is 0.00401 e. The molecule has 0 aliphatic carbocycles. The number of nitrogens with one attached hydrogen (secondary N) is 1. The van der Waals surface area contributed by atoms with Crippen LogP contribution in [-0.2, 0) is 12.8 Å². The predicted octanol–water partition coefficient (Wildman–Crippen LogP) is 3.70. The van der Waals surface area contributed by atoms with Gasteiger partial charge in [-0.25, -0.2) is 0 Å². The second-order valence-corrected chi connectivity index (χ2v) is 3.71. The molecule has 0 aliphatic rings. The zero-order valence-corrected chi connectivity index (χ0v) is 8.90. The molecular weight excluding hydrogens is 158 g/mol. The van der Waals surface area contributed by atoms with Crippen molar-refractivity contribution >= 4 is 0 Å². The molecule has 0 atom stereocenters. The van der Waals surface area contributed by atoms with Crippen molar-refractivity contribution in [3.8, 4) is 0 Å². The Balaban J connectivity index is 2.45. The van der Waals surface area contributed by atoms with Crippen molar-refractivity contribution in [3.05, 3.63) is 23.5 Å². The van der Waals surface area contributed by atoms with Gasteiger partial charge in [-0.05, 0) is 36.8 Å². The molecule has 0 bridgehead atoms. The average molecular weight is 179 g/mol. The van der Waals surface area contributed by atoms with Gasteiger partial charge in [0, 0.05) is 12.4 Å². The molecule has 0 amide bonds. The van der Waals surface area contributed by atoms with Gasteiger partial charge >= 0.3 is 0 Å². The van der Waals surface area contributed by atoms with Crippen LogP contribution >= 0.6 is 0 Å². The summed E-state index contributed by atoms with van der Waals surface area (Å²) < 4.78 is 0. The fourth-order valence-corrected chi connectivity index (χ4v) is 1.63. The predicted molar refractivity (Wildman–Crippen MR) is 58.0 cm³/mol. The molecule has 0 aliphatic heterocycles. The minimum Gasteiger partial charge on any atom is -0.367 e. The topological polar surface area (TPSA) is 15.8 Å². The molecule has 0 spiro atoms. The summed E-state index contributed by atoms with van der Waals surface area (Å²) in [6.07, 6.45) is 12.0. The van der Waals surface area contributed by atoms with Crippen molar-refractivity contribution in [1.29, 1.82) is 0 Å². The van der Waals surface area contributed by atoms with Crippen LogP contribution in [-0.4, -0.2) is 4.98 Å². The van der Waals surface area contributed by atoms with E-state index in [1.54, 1.807) is 0 Å². The molecule has 0 unspecified atom stereocenters. The van der Waals surface area contributed by atoms with E-state index in [4.69, 9.17) is 0 Å². The third-order valence-corrected chi connectivity index (χ3v) is 2.53. The van der Waals surface area contributed by atoms with Crippen molar-refractivity contribution < 1.29 is 0 Å². The van der Waals surface area contributed by atoms with Gasteiger partial charge in [0.1, 0.15) is 0 Å². The first-order valence-corrected chi connectivity index (χ1v) is 5.53. The summed E-state index contributed by atoms with van der Waals surface area (Å²) in [7, 11) is 0. The first-order chi connectivity index (χ1) is 6.38. The summed E-state index contributed by atoms with van der Waals surface area (Å²) in [6, 6.07) is 0. The second-order valence-electron chi connectivity index (χ2n) is 3.71. The molecule has 1 aromatic heterocycles. The third-order valence-electron chi connectivity index (χ3n) is 2.53. The Morgan fingerprint density at radius 3 is 1.77 bits per heavy atom. The van der Waals surface area contributed by atoms with Gasteiger partial charge in [-0.1, -0.05) is 26.7 Å². The molecule has 1 N–H and O–H groups in total. The fourth-order valence-electron chi connectivity index (χ4n) is 1.63. The standard InChI is InChI=1S/C12H21N/c1-3-5-7-11-9-13-10-12(11)8-6-4-2/h9-10,13H,3-8H2,1-2H3. The van der Waals surface area contributed by atoms with E-state index < -0.39 is 0 Å². The van der Waals surface area contributed by atoms with Gasteiger partial charge < -0.3 is 4.98 Å². The number of unbranched alkanes of at least 4 members (excludes halogenated alkanes) is 2. The van der Waals surface area contributed by atoms with E-state index in [1.807, 2.05) is 0 Å². The van der Waals surface area contributed by atoms with E-state index >= 15 is 0 Å². The van der Waals surface area contributed by atoms with Crippen LogP contribution in [0.5, 0.6) is 0 Å². The summed E-state index contributed by atoms with van der Waals surface area (Å²) in [5.74, 6) is 0. The van der Waals surface area contributed by atoms with Crippen LogP contribution in [0.25, 0.3) is 0 Å². The van der Waals surface area contributed by atoms with Gasteiger partial charge in [-0.2, -0.15) is 0 Å². The molecule has 1 aromatic rings. The van der Waals surface area contributed by atoms with Crippen LogP contribution in [0, 0.1) is 0 Å². The molecule has 0 saturated carbocycles. The highest BCUT2D eigenvalue weighted by molar-refractivity contribution is 5.23. The number of rotatable bonds is 6. The van der Waals surface area contributed by atoms with E-state index in [0.717, 1.165) is 0 Å². The highest BCUT2D eigenvalue weighted by atomic mass is 14.6. The van der Waals surface area contributed by atoms with Gasteiger partial charge in [-0.15, -0.1) is 0 Å². The number of aromatic nitrogens is 1. The van der Waals surface area contributed by atoms with Crippen molar-refractivity contribution in [2.24, 2.45) is 0 Å². The number of hydrogen-bond acceptors (Lipinski definition) is 0. The van der Waals surface area contributed by atoms with Crippen LogP contribution in [0.2, 0.25) is 0 Å². The molecule has 1 heteroatoms. The first-order valence-electron chi connectivity index (χ1n) is 5.53. The van der Waals surface area contributed by atoms with Crippen molar-refractivity contribution in [2.75, 3.05) is 0 Å². The Morgan fingerprint density at radius 1 is 0.923 bits per heavy atom. The lowest BCUT2D eigenvalue weighted by atomic mass is 10.0. The van der Waals surface area contributed by atoms with Crippen molar-refractivity contribution in [3.63, 3.8) is 0 Å². The lowest BCUT2D eigenvalue weighted by molar-refractivity contribution is 0.762. The fraction of sp³-hybridized carbons (Fsp3) is 0.667. The summed E-state index contributed by atoms with van der Waals surface area (Å²) in [5.41, 5.74) is 3.07. The smallest absolute Gasteiger partial charge is 0.00401 e. The van der Waals surface area contributed by atoms with Crippen LogP contribution in [0.15, 0.2) is 12.4 Å². The molecule has 0 radical (unpaired) electrons. The number of aryl methyl sites for hydroxylation is 2. The van der Waals surface area contributed by atoms with E-state index in [9.17, 15) is 0 Å². The largest absolute Gasteiger partial charge is 0.367 e. The maximum absolute atomic E-state index is 3.22. The van der Waals surface area contributed by atoms with Gasteiger partial charge in [0.05, 0.1) is 0 Å². The molecule has 1 nitrogen and oxygen atoms in total. The highest BCUT2D eigenvalue weighted by Crippen LogP contribution is 2.13. The number of aromatic amines is 1. The summed E-state index contributed by atoms with van der Waals surface area (Å²) in [4.78, 5) is 3.22.